The van der Waals surface area contributed by atoms with Gasteiger partial charge in [-0.1, -0.05) is 30.3 Å². The van der Waals surface area contributed by atoms with Gasteiger partial charge in [0.25, 0.3) is 0 Å². The summed E-state index contributed by atoms with van der Waals surface area (Å²) >= 11 is 0. The van der Waals surface area contributed by atoms with E-state index in [2.05, 4.69) is 51.0 Å². The second-order valence-corrected chi connectivity index (χ2v) is 9.50. The Morgan fingerprint density at radius 2 is 1.53 bits per heavy atom. The van der Waals surface area contributed by atoms with Crippen molar-refractivity contribution in [3.05, 3.63) is 35.9 Å². The molecule has 3 saturated heterocycles. The highest BCUT2D eigenvalue weighted by Gasteiger charge is 2.29. The fraction of sp³-hybridized carbons (Fsp3) is 0.640. The second kappa shape index (κ2) is 12.3. The Kier molecular flexibility index (Phi) is 8.90. The summed E-state index contributed by atoms with van der Waals surface area (Å²) in [5.74, 6) is -0.694. The van der Waals surface area contributed by atoms with Gasteiger partial charge in [0.1, 0.15) is 6.54 Å². The van der Waals surface area contributed by atoms with Crippen LogP contribution in [0.2, 0.25) is 0 Å². The zero-order valence-corrected chi connectivity index (χ0v) is 19.9. The summed E-state index contributed by atoms with van der Waals surface area (Å²) in [6.07, 6.45) is 4.87. The van der Waals surface area contributed by atoms with Gasteiger partial charge >= 0.3 is 18.0 Å². The molecule has 0 aliphatic carbocycles. The minimum Gasteiger partial charge on any atom is -0.392 e. The average molecular weight is 472 g/mol. The summed E-state index contributed by atoms with van der Waals surface area (Å²) in [5.41, 5.74) is 1.42. The summed E-state index contributed by atoms with van der Waals surface area (Å²) in [5, 5.41) is 10.6. The minimum atomic E-state index is -0.700. The lowest BCUT2D eigenvalue weighted by atomic mass is 9.91. The fourth-order valence-electron chi connectivity index (χ4n) is 5.08. The number of hydrogen-bond donors (Lipinski definition) is 2. The van der Waals surface area contributed by atoms with Crippen molar-refractivity contribution in [2.45, 2.75) is 32.1 Å². The molecule has 34 heavy (non-hydrogen) atoms. The van der Waals surface area contributed by atoms with E-state index in [-0.39, 0.29) is 18.5 Å². The summed E-state index contributed by atoms with van der Waals surface area (Å²) in [6.45, 7) is 6.12. The van der Waals surface area contributed by atoms with Crippen molar-refractivity contribution in [2.75, 3.05) is 58.9 Å². The highest BCUT2D eigenvalue weighted by atomic mass is 16.6. The molecule has 0 bridgehead atoms. The number of urea groups is 1. The van der Waals surface area contributed by atoms with Crippen LogP contribution in [0.15, 0.2) is 30.3 Å². The van der Waals surface area contributed by atoms with Crippen LogP contribution in [0.1, 0.15) is 31.2 Å². The van der Waals surface area contributed by atoms with Crippen LogP contribution in [0.25, 0.3) is 0 Å². The molecule has 0 radical (unpaired) electrons. The first-order valence-electron chi connectivity index (χ1n) is 12.6. The predicted molar refractivity (Wildman–Crippen MR) is 128 cm³/mol. The van der Waals surface area contributed by atoms with E-state index in [0.29, 0.717) is 25.9 Å². The Morgan fingerprint density at radius 1 is 0.882 bits per heavy atom. The molecule has 0 saturated carbocycles. The van der Waals surface area contributed by atoms with E-state index in [9.17, 15) is 14.4 Å². The highest BCUT2D eigenvalue weighted by Crippen LogP contribution is 2.23. The molecule has 186 valence electrons. The molecule has 1 aromatic carbocycles. The maximum absolute atomic E-state index is 12.5. The fourth-order valence-corrected chi connectivity index (χ4v) is 5.08. The molecule has 0 aromatic heterocycles. The van der Waals surface area contributed by atoms with Crippen LogP contribution in [0.5, 0.6) is 0 Å². The van der Waals surface area contributed by atoms with E-state index in [4.69, 9.17) is 4.74 Å². The monoisotopic (exact) mass is 471 g/mol. The van der Waals surface area contributed by atoms with Crippen molar-refractivity contribution < 1.29 is 19.1 Å². The van der Waals surface area contributed by atoms with Gasteiger partial charge in [0.15, 0.2) is 0 Å². The Labute approximate surface area is 201 Å². The van der Waals surface area contributed by atoms with E-state index in [0.717, 1.165) is 51.6 Å². The van der Waals surface area contributed by atoms with Gasteiger partial charge in [-0.05, 0) is 56.7 Å². The standard InChI is InChI=1S/C25H37N5O4/c31-23(34-24(32)22-6-10-26-11-7-22)19-27-25(33)28-14-16-30(17-15-28)29-12-8-21(9-13-29)18-20-4-2-1-3-5-20/h1-5,21-22,26H,6-19H2,(H,27,33). The molecular formula is C25H37N5O4. The van der Waals surface area contributed by atoms with Crippen LogP contribution in [0.4, 0.5) is 4.79 Å². The topological polar surface area (TPSA) is 94.2 Å². The van der Waals surface area contributed by atoms with E-state index in [1.165, 1.54) is 18.4 Å². The number of hydrogen-bond acceptors (Lipinski definition) is 7. The van der Waals surface area contributed by atoms with Crippen LogP contribution < -0.4 is 10.6 Å². The van der Waals surface area contributed by atoms with E-state index < -0.39 is 11.9 Å². The van der Waals surface area contributed by atoms with Crippen molar-refractivity contribution in [2.24, 2.45) is 11.8 Å². The first kappa shape index (κ1) is 24.6. The van der Waals surface area contributed by atoms with E-state index in [1.807, 2.05) is 0 Å². The van der Waals surface area contributed by atoms with Gasteiger partial charge in [-0.3, -0.25) is 4.79 Å². The smallest absolute Gasteiger partial charge is 0.333 e. The third kappa shape index (κ3) is 7.01. The van der Waals surface area contributed by atoms with Gasteiger partial charge in [0.2, 0.25) is 0 Å². The van der Waals surface area contributed by atoms with Crippen molar-refractivity contribution in [3.63, 3.8) is 0 Å². The molecule has 1 aromatic rings. The lowest BCUT2D eigenvalue weighted by Gasteiger charge is -2.44. The normalized spacial score (nSPS) is 21.2. The van der Waals surface area contributed by atoms with Gasteiger partial charge in [0.05, 0.1) is 5.92 Å². The predicted octanol–water partition coefficient (Wildman–Crippen LogP) is 1.25. The average Bonchev–Trinajstić information content (AvgIpc) is 2.89. The molecule has 4 rings (SSSR count). The molecular weight excluding hydrogens is 434 g/mol. The summed E-state index contributed by atoms with van der Waals surface area (Å²) < 4.78 is 4.92. The van der Waals surface area contributed by atoms with Crippen molar-refractivity contribution >= 4 is 18.0 Å². The maximum atomic E-state index is 12.5. The first-order valence-corrected chi connectivity index (χ1v) is 12.6. The second-order valence-electron chi connectivity index (χ2n) is 9.50. The SMILES string of the molecule is O=C(CNC(=O)N1CCN(N2CCC(Cc3ccccc3)CC2)CC1)OC(=O)C1CCNCC1. The molecule has 0 spiro atoms. The lowest BCUT2D eigenvalue weighted by molar-refractivity contribution is -0.162. The number of ether oxygens (including phenoxy) is 1. The number of carbonyl (C=O) groups is 3. The number of benzene rings is 1. The quantitative estimate of drug-likeness (QED) is 0.476. The van der Waals surface area contributed by atoms with Crippen LogP contribution >= 0.6 is 0 Å². The summed E-state index contributed by atoms with van der Waals surface area (Å²) in [7, 11) is 0. The Morgan fingerprint density at radius 3 is 2.21 bits per heavy atom. The number of hydrazine groups is 1. The number of esters is 2. The van der Waals surface area contributed by atoms with Crippen LogP contribution in [0, 0.1) is 11.8 Å². The third-order valence-electron chi connectivity index (χ3n) is 7.17. The molecule has 3 fully saturated rings. The summed E-state index contributed by atoms with van der Waals surface area (Å²) in [4.78, 5) is 38.2. The van der Waals surface area contributed by atoms with Crippen LogP contribution in [0.3, 0.4) is 0 Å². The lowest BCUT2D eigenvalue weighted by Crippen LogP contribution is -2.58. The zero-order valence-electron chi connectivity index (χ0n) is 19.9. The molecule has 2 amide bonds. The number of nitrogens with one attached hydrogen (secondary N) is 2. The van der Waals surface area contributed by atoms with Crippen molar-refractivity contribution in [1.82, 2.24) is 25.6 Å². The Bertz CT molecular complexity index is 814. The molecule has 0 atom stereocenters. The molecule has 0 unspecified atom stereocenters. The number of nitrogens with zero attached hydrogens (tertiary/aromatic N) is 3. The molecule has 9 nitrogen and oxygen atoms in total. The molecule has 3 heterocycles. The van der Waals surface area contributed by atoms with Crippen LogP contribution in [-0.4, -0.2) is 91.8 Å². The highest BCUT2D eigenvalue weighted by molar-refractivity contribution is 5.89. The van der Waals surface area contributed by atoms with Gasteiger partial charge < -0.3 is 20.3 Å². The van der Waals surface area contributed by atoms with Gasteiger partial charge in [-0.25, -0.2) is 19.6 Å². The number of piperidine rings is 2. The molecule has 3 aliphatic heterocycles. The molecule has 3 aliphatic rings. The number of amides is 2. The summed E-state index contributed by atoms with van der Waals surface area (Å²) in [6, 6.07) is 10.4. The maximum Gasteiger partial charge on any atom is 0.333 e. The van der Waals surface area contributed by atoms with E-state index >= 15 is 0 Å². The van der Waals surface area contributed by atoms with Gasteiger partial charge in [-0.2, -0.15) is 0 Å². The number of rotatable bonds is 6. The molecule has 9 heteroatoms. The van der Waals surface area contributed by atoms with Crippen molar-refractivity contribution in [1.29, 1.82) is 0 Å². The van der Waals surface area contributed by atoms with Crippen LogP contribution in [-0.2, 0) is 20.7 Å². The zero-order chi connectivity index (χ0) is 23.8. The first-order chi connectivity index (χ1) is 16.6. The minimum absolute atomic E-state index is 0.239. The van der Waals surface area contributed by atoms with Gasteiger partial charge in [0, 0.05) is 39.3 Å². The largest absolute Gasteiger partial charge is 0.392 e. The Balaban J connectivity index is 1.11. The van der Waals surface area contributed by atoms with Gasteiger partial charge in [-0.15, -0.1) is 0 Å². The van der Waals surface area contributed by atoms with E-state index in [1.54, 1.807) is 4.90 Å². The molecule has 2 N–H and O–H groups in total. The Hall–Kier alpha value is -2.49. The van der Waals surface area contributed by atoms with Crippen molar-refractivity contribution in [3.8, 4) is 0 Å². The third-order valence-corrected chi connectivity index (χ3v) is 7.17. The number of carbonyl (C=O) groups excluding carboxylic acids is 3. The number of piperazine rings is 1.